The van der Waals surface area contributed by atoms with Crippen LogP contribution >= 0.6 is 11.6 Å². The van der Waals surface area contributed by atoms with Gasteiger partial charge in [-0.3, -0.25) is 4.79 Å². The predicted molar refractivity (Wildman–Crippen MR) is 122 cm³/mol. The summed E-state index contributed by atoms with van der Waals surface area (Å²) in [6.45, 7) is -0.605. The van der Waals surface area contributed by atoms with E-state index in [2.05, 4.69) is 5.32 Å². The molecule has 196 valence electrons. The third-order valence-electron chi connectivity index (χ3n) is 6.90. The number of alkyl carbamates (subject to hydrolysis) is 1. The topological polar surface area (TPSA) is 120 Å². The van der Waals surface area contributed by atoms with Crippen LogP contribution in [0.1, 0.15) is 32.1 Å². The molecule has 2 amide bonds. The van der Waals surface area contributed by atoms with Gasteiger partial charge in [0.05, 0.1) is 21.2 Å². The first-order chi connectivity index (χ1) is 16.7. The van der Waals surface area contributed by atoms with Crippen molar-refractivity contribution in [1.29, 1.82) is 5.26 Å². The Balaban J connectivity index is 1.62. The van der Waals surface area contributed by atoms with Crippen molar-refractivity contribution in [3.63, 3.8) is 0 Å². The summed E-state index contributed by atoms with van der Waals surface area (Å²) >= 11 is 6.23. The number of likely N-dealkylation sites (tertiary alicyclic amines) is 1. The van der Waals surface area contributed by atoms with Crippen molar-refractivity contribution in [2.45, 2.75) is 60.2 Å². The van der Waals surface area contributed by atoms with E-state index < -0.39 is 76.3 Å². The molecule has 3 fully saturated rings. The molecule has 1 saturated heterocycles. The van der Waals surface area contributed by atoms with Crippen LogP contribution in [0.25, 0.3) is 0 Å². The molecule has 1 N–H and O–H groups in total. The summed E-state index contributed by atoms with van der Waals surface area (Å²) in [4.78, 5) is 27.6. The van der Waals surface area contributed by atoms with Gasteiger partial charge >= 0.3 is 12.3 Å². The Kier molecular flexibility index (Phi) is 6.36. The second kappa shape index (κ2) is 8.69. The van der Waals surface area contributed by atoms with Crippen LogP contribution in [0.5, 0.6) is 0 Å². The summed E-state index contributed by atoms with van der Waals surface area (Å²) in [6, 6.07) is 6.17. The molecule has 14 heteroatoms. The Labute approximate surface area is 211 Å². The molecule has 0 radical (unpaired) electrons. The van der Waals surface area contributed by atoms with Gasteiger partial charge in [0.1, 0.15) is 11.0 Å². The van der Waals surface area contributed by atoms with Gasteiger partial charge in [-0.15, -0.1) is 0 Å². The molecule has 1 heterocycles. The molecule has 1 aromatic rings. The summed E-state index contributed by atoms with van der Waals surface area (Å²) in [7, 11) is -0.753. The fourth-order valence-corrected chi connectivity index (χ4v) is 6.47. The highest BCUT2D eigenvalue weighted by atomic mass is 35.5. The fraction of sp³-hybridized carbons (Fsp3) is 0.591. The Morgan fingerprint density at radius 3 is 2.36 bits per heavy atom. The maximum absolute atomic E-state index is 13.7. The highest BCUT2D eigenvalue weighted by Crippen LogP contribution is 2.59. The Morgan fingerprint density at radius 2 is 1.89 bits per heavy atom. The minimum atomic E-state index is -4.84. The molecule has 9 nitrogen and oxygen atoms in total. The average molecular weight is 549 g/mol. The first-order valence-electron chi connectivity index (χ1n) is 11.1. The van der Waals surface area contributed by atoms with Crippen molar-refractivity contribution in [3.8, 4) is 6.07 Å². The van der Waals surface area contributed by atoms with E-state index in [9.17, 15) is 31.2 Å². The molecule has 4 rings (SSSR count). The molecular weight excluding hydrogens is 525 g/mol. The van der Waals surface area contributed by atoms with Gasteiger partial charge in [0.2, 0.25) is 5.91 Å². The number of nitriles is 1. The molecule has 0 bridgehead atoms. The lowest BCUT2D eigenvalue weighted by molar-refractivity contribution is -0.201. The van der Waals surface area contributed by atoms with Crippen LogP contribution in [-0.2, 0) is 19.4 Å². The lowest BCUT2D eigenvalue weighted by Crippen LogP contribution is -2.49. The van der Waals surface area contributed by atoms with Crippen LogP contribution < -0.4 is 10.2 Å². The molecular formula is C22H24ClF3N4O5S. The smallest absolute Gasteiger partial charge is 0.410 e. The van der Waals surface area contributed by atoms with Gasteiger partial charge in [-0.05, 0) is 43.9 Å². The first kappa shape index (κ1) is 26.3. The molecule has 1 aliphatic heterocycles. The molecule has 0 spiro atoms. The van der Waals surface area contributed by atoms with Crippen molar-refractivity contribution in [1.82, 2.24) is 10.2 Å². The number of sulfone groups is 1. The highest BCUT2D eigenvalue weighted by molar-refractivity contribution is 7.92. The molecule has 2 saturated carbocycles. The lowest BCUT2D eigenvalue weighted by atomic mass is 10.1. The van der Waals surface area contributed by atoms with Gasteiger partial charge in [0, 0.05) is 32.7 Å². The van der Waals surface area contributed by atoms with E-state index in [-0.39, 0.29) is 9.92 Å². The standard InChI is InChI=1S/C22H24ClF3N4O5S/c1-29(2)13-3-4-16(15(23)9-13)36(33,34)14-10-17(35-19(32)28-20(12-27)5-6-20)30(11-14)18(31)21(7-8-21)22(24,25)26/h3-4,9,14,17H,5-8,10-11H2,1-2H3,(H,28,32)/t14-,17+/m1/s1. The number of carbonyl (C=O) groups is 2. The van der Waals surface area contributed by atoms with Crippen LogP contribution in [0.4, 0.5) is 23.7 Å². The molecule has 1 aromatic carbocycles. The second-order valence-corrected chi connectivity index (χ2v) is 12.2. The summed E-state index contributed by atoms with van der Waals surface area (Å²) in [5.74, 6) is -1.33. The van der Waals surface area contributed by atoms with Crippen LogP contribution in [0, 0.1) is 16.7 Å². The van der Waals surface area contributed by atoms with Crippen molar-refractivity contribution in [2.75, 3.05) is 25.5 Å². The van der Waals surface area contributed by atoms with Crippen LogP contribution in [0.15, 0.2) is 23.1 Å². The van der Waals surface area contributed by atoms with Crippen LogP contribution in [0.3, 0.4) is 0 Å². The largest absolute Gasteiger partial charge is 0.425 e. The predicted octanol–water partition coefficient (Wildman–Crippen LogP) is 3.23. The van der Waals surface area contributed by atoms with Gasteiger partial charge in [-0.1, -0.05) is 11.6 Å². The molecule has 0 aromatic heterocycles. The number of benzene rings is 1. The Bertz CT molecular complexity index is 1240. The minimum Gasteiger partial charge on any atom is -0.425 e. The van der Waals surface area contributed by atoms with Crippen molar-refractivity contribution in [2.24, 2.45) is 5.41 Å². The number of nitrogens with one attached hydrogen (secondary N) is 1. The van der Waals surface area contributed by atoms with Gasteiger partial charge in [0.25, 0.3) is 0 Å². The maximum Gasteiger partial charge on any atom is 0.410 e. The van der Waals surface area contributed by atoms with E-state index in [0.717, 1.165) is 0 Å². The Hall–Kier alpha value is -2.72. The van der Waals surface area contributed by atoms with Crippen LogP contribution in [-0.4, -0.2) is 69.2 Å². The van der Waals surface area contributed by atoms with E-state index in [1.54, 1.807) is 19.0 Å². The first-order valence-corrected chi connectivity index (χ1v) is 13.1. The quantitative estimate of drug-likeness (QED) is 0.579. The van der Waals surface area contributed by atoms with Crippen LogP contribution in [0.2, 0.25) is 5.02 Å². The summed E-state index contributed by atoms with van der Waals surface area (Å²) in [5.41, 5.74) is -3.12. The van der Waals surface area contributed by atoms with E-state index in [4.69, 9.17) is 21.6 Å². The van der Waals surface area contributed by atoms with E-state index in [1.165, 1.54) is 18.2 Å². The van der Waals surface area contributed by atoms with Gasteiger partial charge in [-0.2, -0.15) is 18.4 Å². The second-order valence-electron chi connectivity index (χ2n) is 9.63. The van der Waals surface area contributed by atoms with E-state index >= 15 is 0 Å². The fourth-order valence-electron chi connectivity index (χ4n) is 4.25. The molecule has 3 aliphatic rings. The molecule has 0 unspecified atom stereocenters. The summed E-state index contributed by atoms with van der Waals surface area (Å²) in [6.07, 6.45) is -8.07. The number of rotatable bonds is 6. The van der Waals surface area contributed by atoms with Crippen molar-refractivity contribution in [3.05, 3.63) is 23.2 Å². The number of carbonyl (C=O) groups excluding carboxylic acids is 2. The van der Waals surface area contributed by atoms with Crippen molar-refractivity contribution >= 4 is 39.1 Å². The van der Waals surface area contributed by atoms with Gasteiger partial charge < -0.3 is 19.9 Å². The number of hydrogen-bond acceptors (Lipinski definition) is 7. The number of ether oxygens (including phenoxy) is 1. The number of alkyl halides is 3. The third kappa shape index (κ3) is 4.56. The number of hydrogen-bond donors (Lipinski definition) is 1. The molecule has 2 atom stereocenters. The monoisotopic (exact) mass is 548 g/mol. The molecule has 2 aliphatic carbocycles. The average Bonchev–Trinajstić information content (AvgIpc) is 3.70. The van der Waals surface area contributed by atoms with Gasteiger partial charge in [0.15, 0.2) is 16.1 Å². The third-order valence-corrected chi connectivity index (χ3v) is 9.51. The number of halogens is 4. The lowest BCUT2D eigenvalue weighted by Gasteiger charge is -2.29. The van der Waals surface area contributed by atoms with E-state index in [1.807, 2.05) is 6.07 Å². The summed E-state index contributed by atoms with van der Waals surface area (Å²) < 4.78 is 73.1. The van der Waals surface area contributed by atoms with E-state index in [0.29, 0.717) is 23.4 Å². The zero-order valence-electron chi connectivity index (χ0n) is 19.4. The van der Waals surface area contributed by atoms with Gasteiger partial charge in [-0.25, -0.2) is 13.2 Å². The number of nitrogens with zero attached hydrogens (tertiary/aromatic N) is 3. The SMILES string of the molecule is CN(C)c1ccc(S(=O)(=O)[C@@H]2C[C@H](OC(=O)NC3(C#N)CC3)N(C(=O)C3(C(F)(F)F)CC3)C2)c(Cl)c1. The number of anilines is 1. The zero-order chi connectivity index (χ0) is 26.7. The van der Waals surface area contributed by atoms with Crippen molar-refractivity contribution < 1.29 is 35.9 Å². The maximum atomic E-state index is 13.7. The minimum absolute atomic E-state index is 0.0835. The highest BCUT2D eigenvalue weighted by Gasteiger charge is 2.70. The number of amides is 2. The zero-order valence-corrected chi connectivity index (χ0v) is 21.0. The Morgan fingerprint density at radius 1 is 1.25 bits per heavy atom. The molecule has 36 heavy (non-hydrogen) atoms. The summed E-state index contributed by atoms with van der Waals surface area (Å²) in [5, 5.41) is 10.1. The normalized spacial score (nSPS) is 24.0.